The van der Waals surface area contributed by atoms with Crippen LogP contribution in [0.2, 0.25) is 0 Å². The summed E-state index contributed by atoms with van der Waals surface area (Å²) >= 11 is 0. The predicted molar refractivity (Wildman–Crippen MR) is 70.0 cm³/mol. The molecule has 0 bridgehead atoms. The second-order valence-corrected chi connectivity index (χ2v) is 4.15. The van der Waals surface area contributed by atoms with Gasteiger partial charge in [-0.3, -0.25) is 4.68 Å². The predicted octanol–water partition coefficient (Wildman–Crippen LogP) is 1.59. The normalized spacial score (nSPS) is 10.3. The van der Waals surface area contributed by atoms with E-state index in [9.17, 15) is 0 Å². The van der Waals surface area contributed by atoms with Crippen LogP contribution in [0, 0.1) is 23.7 Å². The van der Waals surface area contributed by atoms with Gasteiger partial charge >= 0.3 is 0 Å². The molecule has 0 spiro atoms. The maximum atomic E-state index is 9.05. The first kappa shape index (κ1) is 11.1. The summed E-state index contributed by atoms with van der Waals surface area (Å²) in [5, 5.41) is 17.3. The molecule has 0 aliphatic heterocycles. The van der Waals surface area contributed by atoms with E-state index in [4.69, 9.17) is 11.7 Å². The van der Waals surface area contributed by atoms with Crippen LogP contribution in [0.25, 0.3) is 16.6 Å². The number of fused-ring (bicyclic) bond motifs is 1. The molecule has 0 aliphatic rings. The van der Waals surface area contributed by atoms with E-state index in [1.165, 1.54) is 6.20 Å². The van der Waals surface area contributed by atoms with Gasteiger partial charge in [0.1, 0.15) is 6.07 Å². The minimum absolute atomic E-state index is 0.477. The van der Waals surface area contributed by atoms with E-state index >= 15 is 0 Å². The van der Waals surface area contributed by atoms with E-state index in [0.717, 1.165) is 11.1 Å². The smallest absolute Gasteiger partial charge is 0.103 e. The highest BCUT2D eigenvalue weighted by atomic mass is 15.2. The van der Waals surface area contributed by atoms with Gasteiger partial charge in [0, 0.05) is 30.6 Å². The molecular formula is C14H9N5. The molecule has 3 aromatic heterocycles. The third-order valence-electron chi connectivity index (χ3n) is 2.93. The van der Waals surface area contributed by atoms with Gasteiger partial charge in [-0.05, 0) is 6.07 Å². The number of nitriles is 1. The standard InChI is InChI=1S/C14H9N5/c1-3-10-4-11(13-7-16-18(2)8-13)9-19-14(10)12(5-15)6-17-19/h1,4,6-9H,2H3. The molecule has 5 nitrogen and oxygen atoms in total. The minimum atomic E-state index is 0.477. The fraction of sp³-hybridized carbons (Fsp3) is 0.0714. The fourth-order valence-corrected chi connectivity index (χ4v) is 2.04. The SMILES string of the molecule is C#Cc1cc(-c2cnn(C)c2)cn2ncc(C#N)c12. The fourth-order valence-electron chi connectivity index (χ4n) is 2.04. The monoisotopic (exact) mass is 247 g/mol. The molecule has 0 fully saturated rings. The zero-order valence-electron chi connectivity index (χ0n) is 10.2. The summed E-state index contributed by atoms with van der Waals surface area (Å²) in [7, 11) is 1.85. The molecule has 0 aromatic carbocycles. The van der Waals surface area contributed by atoms with Crippen LogP contribution in [-0.2, 0) is 7.05 Å². The molecule has 0 radical (unpaired) electrons. The first-order valence-corrected chi connectivity index (χ1v) is 5.60. The lowest BCUT2D eigenvalue weighted by Crippen LogP contribution is -1.92. The van der Waals surface area contributed by atoms with Crippen molar-refractivity contribution >= 4 is 5.52 Å². The highest BCUT2D eigenvalue weighted by Gasteiger charge is 2.11. The number of aromatic nitrogens is 4. The molecule has 0 saturated carbocycles. The van der Waals surface area contributed by atoms with Crippen molar-refractivity contribution in [3.63, 3.8) is 0 Å². The molecule has 0 saturated heterocycles. The molecule has 90 valence electrons. The van der Waals surface area contributed by atoms with Crippen LogP contribution in [0.5, 0.6) is 0 Å². The Morgan fingerprint density at radius 1 is 1.16 bits per heavy atom. The molecule has 5 heteroatoms. The summed E-state index contributed by atoms with van der Waals surface area (Å²) in [6.45, 7) is 0. The van der Waals surface area contributed by atoms with Crippen LogP contribution in [0.4, 0.5) is 0 Å². The van der Waals surface area contributed by atoms with Crippen molar-refractivity contribution in [1.29, 1.82) is 5.26 Å². The van der Waals surface area contributed by atoms with Crippen LogP contribution in [0.1, 0.15) is 11.1 Å². The van der Waals surface area contributed by atoms with Gasteiger partial charge in [-0.25, -0.2) is 4.52 Å². The number of hydrogen-bond donors (Lipinski definition) is 0. The Kier molecular flexibility index (Phi) is 2.33. The molecule has 0 unspecified atom stereocenters. The maximum absolute atomic E-state index is 9.05. The Labute approximate surface area is 109 Å². The molecule has 0 amide bonds. The topological polar surface area (TPSA) is 58.9 Å². The number of hydrogen-bond acceptors (Lipinski definition) is 3. The molecule has 3 aromatic rings. The van der Waals surface area contributed by atoms with Gasteiger partial charge < -0.3 is 0 Å². The second-order valence-electron chi connectivity index (χ2n) is 4.15. The van der Waals surface area contributed by atoms with Crippen LogP contribution in [0.3, 0.4) is 0 Å². The van der Waals surface area contributed by atoms with Gasteiger partial charge in [0.2, 0.25) is 0 Å². The molecule has 19 heavy (non-hydrogen) atoms. The van der Waals surface area contributed by atoms with Crippen LogP contribution in [0.15, 0.2) is 30.9 Å². The summed E-state index contributed by atoms with van der Waals surface area (Å²) < 4.78 is 3.36. The van der Waals surface area contributed by atoms with Crippen LogP contribution < -0.4 is 0 Å². The number of pyridine rings is 1. The van der Waals surface area contributed by atoms with Gasteiger partial charge in [-0.2, -0.15) is 15.5 Å². The zero-order chi connectivity index (χ0) is 13.4. The summed E-state index contributed by atoms with van der Waals surface area (Å²) in [6, 6.07) is 3.96. The van der Waals surface area contributed by atoms with Crippen molar-refractivity contribution in [2.24, 2.45) is 7.05 Å². The molecule has 3 heterocycles. The van der Waals surface area contributed by atoms with Gasteiger partial charge in [-0.15, -0.1) is 6.42 Å². The van der Waals surface area contributed by atoms with Crippen molar-refractivity contribution in [3.8, 4) is 29.5 Å². The molecule has 3 rings (SSSR count). The first-order valence-electron chi connectivity index (χ1n) is 5.60. The number of nitrogens with zero attached hydrogens (tertiary/aromatic N) is 5. The zero-order valence-corrected chi connectivity index (χ0v) is 10.2. The third kappa shape index (κ3) is 1.65. The summed E-state index contributed by atoms with van der Waals surface area (Å²) in [5.41, 5.74) is 3.66. The van der Waals surface area contributed by atoms with Crippen LogP contribution in [-0.4, -0.2) is 19.4 Å². The largest absolute Gasteiger partial charge is 0.275 e. The third-order valence-corrected chi connectivity index (χ3v) is 2.93. The molecule has 0 N–H and O–H groups in total. The van der Waals surface area contributed by atoms with E-state index in [-0.39, 0.29) is 0 Å². The Balaban J connectivity index is 2.31. The lowest BCUT2D eigenvalue weighted by atomic mass is 10.1. The quantitative estimate of drug-likeness (QED) is 0.613. The van der Waals surface area contributed by atoms with Crippen molar-refractivity contribution in [2.45, 2.75) is 0 Å². The van der Waals surface area contributed by atoms with E-state index in [1.807, 2.05) is 25.5 Å². The summed E-state index contributed by atoms with van der Waals surface area (Å²) in [6.07, 6.45) is 12.5. The van der Waals surface area contributed by atoms with Crippen molar-refractivity contribution in [2.75, 3.05) is 0 Å². The van der Waals surface area contributed by atoms with Gasteiger partial charge in [0.15, 0.2) is 0 Å². The Morgan fingerprint density at radius 2 is 2.00 bits per heavy atom. The lowest BCUT2D eigenvalue weighted by Gasteiger charge is -2.02. The van der Waals surface area contributed by atoms with Crippen molar-refractivity contribution in [3.05, 3.63) is 42.0 Å². The van der Waals surface area contributed by atoms with Gasteiger partial charge in [0.25, 0.3) is 0 Å². The van der Waals surface area contributed by atoms with E-state index in [2.05, 4.69) is 22.2 Å². The van der Waals surface area contributed by atoms with Gasteiger partial charge in [-0.1, -0.05) is 5.92 Å². The van der Waals surface area contributed by atoms with Crippen LogP contribution >= 0.6 is 0 Å². The highest BCUT2D eigenvalue weighted by Crippen LogP contribution is 2.23. The van der Waals surface area contributed by atoms with Crippen molar-refractivity contribution < 1.29 is 0 Å². The molecular weight excluding hydrogens is 238 g/mol. The first-order chi connectivity index (χ1) is 9.22. The van der Waals surface area contributed by atoms with E-state index in [0.29, 0.717) is 16.6 Å². The lowest BCUT2D eigenvalue weighted by molar-refractivity contribution is 0.768. The second kappa shape index (κ2) is 4.01. The van der Waals surface area contributed by atoms with E-state index < -0.39 is 0 Å². The Hall–Kier alpha value is -3.05. The average Bonchev–Trinajstić information content (AvgIpc) is 3.03. The minimum Gasteiger partial charge on any atom is -0.275 e. The van der Waals surface area contributed by atoms with Crippen molar-refractivity contribution in [1.82, 2.24) is 19.4 Å². The number of terminal acetylenes is 1. The number of aryl methyl sites for hydroxylation is 1. The maximum Gasteiger partial charge on any atom is 0.103 e. The summed E-state index contributed by atoms with van der Waals surface area (Å²) in [5.74, 6) is 2.61. The molecule has 0 aliphatic carbocycles. The average molecular weight is 247 g/mol. The molecule has 0 atom stereocenters. The Morgan fingerprint density at radius 3 is 2.63 bits per heavy atom. The van der Waals surface area contributed by atoms with E-state index in [1.54, 1.807) is 15.4 Å². The van der Waals surface area contributed by atoms with Gasteiger partial charge in [0.05, 0.1) is 29.0 Å². The highest BCUT2D eigenvalue weighted by molar-refractivity contribution is 5.75. The number of rotatable bonds is 1. The Bertz CT molecular complexity index is 854. The summed E-state index contributed by atoms with van der Waals surface area (Å²) in [4.78, 5) is 0.